The van der Waals surface area contributed by atoms with Gasteiger partial charge in [0.15, 0.2) is 9.84 Å². The van der Waals surface area contributed by atoms with Crippen molar-refractivity contribution < 1.29 is 22.7 Å². The number of carbonyl (C=O) groups is 2. The third-order valence-corrected chi connectivity index (χ3v) is 6.50. The first-order chi connectivity index (χ1) is 11.9. The van der Waals surface area contributed by atoms with Gasteiger partial charge in [0.1, 0.15) is 0 Å². The van der Waals surface area contributed by atoms with Crippen LogP contribution in [0.5, 0.6) is 0 Å². The molecule has 3 rings (SSSR count). The molecule has 2 aliphatic heterocycles. The molecule has 0 aliphatic carbocycles. The smallest absolute Gasteiger partial charge is 0.229 e. The molecule has 0 bridgehead atoms. The molecule has 2 amide bonds. The van der Waals surface area contributed by atoms with Crippen LogP contribution < -0.4 is 5.32 Å². The summed E-state index contributed by atoms with van der Waals surface area (Å²) in [5.74, 6) is -0.717. The number of nitrogens with zero attached hydrogens (tertiary/aromatic N) is 1. The van der Waals surface area contributed by atoms with E-state index in [9.17, 15) is 18.0 Å². The van der Waals surface area contributed by atoms with E-state index in [0.717, 1.165) is 5.56 Å². The third-order valence-electron chi connectivity index (χ3n) is 4.75. The Labute approximate surface area is 147 Å². The SMILES string of the molecule is COCc1ccccc1NC(=O)[C@H]1CC(=O)N([C@@H]2CCS(=O)(=O)C2)C1. The van der Waals surface area contributed by atoms with Crippen LogP contribution in [0.15, 0.2) is 24.3 Å². The predicted molar refractivity (Wildman–Crippen MR) is 92.7 cm³/mol. The van der Waals surface area contributed by atoms with Crippen molar-refractivity contribution in [2.24, 2.45) is 5.92 Å². The first kappa shape index (κ1) is 17.9. The number of methoxy groups -OCH3 is 1. The number of anilines is 1. The lowest BCUT2D eigenvalue weighted by Gasteiger charge is -2.23. The van der Waals surface area contributed by atoms with Crippen LogP contribution in [0.2, 0.25) is 0 Å². The fraction of sp³-hybridized carbons (Fsp3) is 0.529. The number of likely N-dealkylation sites (tertiary alicyclic amines) is 1. The van der Waals surface area contributed by atoms with Gasteiger partial charge in [0.25, 0.3) is 0 Å². The Balaban J connectivity index is 1.65. The lowest BCUT2D eigenvalue weighted by Crippen LogP contribution is -2.38. The molecule has 2 aliphatic rings. The summed E-state index contributed by atoms with van der Waals surface area (Å²) in [7, 11) is -1.48. The molecular weight excluding hydrogens is 344 g/mol. The minimum Gasteiger partial charge on any atom is -0.380 e. The van der Waals surface area contributed by atoms with Crippen molar-refractivity contribution in [1.82, 2.24) is 4.90 Å². The van der Waals surface area contributed by atoms with Gasteiger partial charge in [-0.1, -0.05) is 18.2 Å². The zero-order valence-corrected chi connectivity index (χ0v) is 14.9. The Morgan fingerprint density at radius 2 is 2.12 bits per heavy atom. The van der Waals surface area contributed by atoms with Gasteiger partial charge in [0.2, 0.25) is 11.8 Å². The molecule has 8 heteroatoms. The lowest BCUT2D eigenvalue weighted by molar-refractivity contribution is -0.129. The van der Waals surface area contributed by atoms with Gasteiger partial charge in [-0.25, -0.2) is 8.42 Å². The van der Waals surface area contributed by atoms with E-state index in [-0.39, 0.29) is 42.3 Å². The molecule has 2 fully saturated rings. The summed E-state index contributed by atoms with van der Waals surface area (Å²) in [6.45, 7) is 0.656. The topological polar surface area (TPSA) is 92.8 Å². The molecule has 1 aromatic carbocycles. The van der Waals surface area contributed by atoms with Crippen LogP contribution in [-0.4, -0.2) is 56.3 Å². The van der Waals surface area contributed by atoms with Crippen molar-refractivity contribution in [2.45, 2.75) is 25.5 Å². The molecule has 2 heterocycles. The number of hydrogen-bond acceptors (Lipinski definition) is 5. The van der Waals surface area contributed by atoms with E-state index in [1.807, 2.05) is 18.2 Å². The lowest BCUT2D eigenvalue weighted by atomic mass is 10.1. The van der Waals surface area contributed by atoms with Crippen LogP contribution in [-0.2, 0) is 30.8 Å². The average molecular weight is 366 g/mol. The van der Waals surface area contributed by atoms with Crippen LogP contribution in [0.25, 0.3) is 0 Å². The monoisotopic (exact) mass is 366 g/mol. The molecule has 0 aromatic heterocycles. The van der Waals surface area contributed by atoms with E-state index in [1.54, 1.807) is 18.1 Å². The molecule has 0 spiro atoms. The van der Waals surface area contributed by atoms with Crippen molar-refractivity contribution in [2.75, 3.05) is 30.5 Å². The maximum atomic E-state index is 12.6. The fourth-order valence-electron chi connectivity index (χ4n) is 3.44. The van der Waals surface area contributed by atoms with Crippen molar-refractivity contribution >= 4 is 27.3 Å². The van der Waals surface area contributed by atoms with E-state index < -0.39 is 15.8 Å². The van der Waals surface area contributed by atoms with Gasteiger partial charge in [-0.15, -0.1) is 0 Å². The van der Waals surface area contributed by atoms with Gasteiger partial charge in [-0.05, 0) is 12.5 Å². The Kier molecular flexibility index (Phi) is 5.10. The number of carbonyl (C=O) groups excluding carboxylic acids is 2. The van der Waals surface area contributed by atoms with Gasteiger partial charge in [0.05, 0.1) is 24.0 Å². The predicted octanol–water partition coefficient (Wildman–Crippen LogP) is 0.807. The van der Waals surface area contributed by atoms with Crippen molar-refractivity contribution in [1.29, 1.82) is 0 Å². The average Bonchev–Trinajstić information content (AvgIpc) is 3.12. The van der Waals surface area contributed by atoms with Crippen LogP contribution in [0.1, 0.15) is 18.4 Å². The first-order valence-electron chi connectivity index (χ1n) is 8.27. The molecule has 2 saturated heterocycles. The minimum atomic E-state index is -3.06. The van der Waals surface area contributed by atoms with Crippen LogP contribution >= 0.6 is 0 Å². The highest BCUT2D eigenvalue weighted by molar-refractivity contribution is 7.91. The van der Waals surface area contributed by atoms with Gasteiger partial charge < -0.3 is 15.0 Å². The zero-order chi connectivity index (χ0) is 18.0. The van der Waals surface area contributed by atoms with Gasteiger partial charge in [-0.3, -0.25) is 9.59 Å². The van der Waals surface area contributed by atoms with Crippen molar-refractivity contribution in [3.8, 4) is 0 Å². The maximum absolute atomic E-state index is 12.6. The molecule has 7 nitrogen and oxygen atoms in total. The van der Waals surface area contributed by atoms with Crippen LogP contribution in [0.3, 0.4) is 0 Å². The second-order valence-electron chi connectivity index (χ2n) is 6.58. The standard InChI is InChI=1S/C17H22N2O5S/c1-24-10-12-4-2-3-5-15(12)18-17(21)13-8-16(20)19(9-13)14-6-7-25(22,23)11-14/h2-5,13-14H,6-11H2,1H3,(H,18,21)/t13-,14+/m0/s1. The number of ether oxygens (including phenoxy) is 1. The number of para-hydroxylation sites is 1. The third kappa shape index (κ3) is 4.01. The van der Waals surface area contributed by atoms with E-state index in [2.05, 4.69) is 5.32 Å². The van der Waals surface area contributed by atoms with Crippen LogP contribution in [0.4, 0.5) is 5.69 Å². The molecule has 1 aromatic rings. The maximum Gasteiger partial charge on any atom is 0.229 e. The summed E-state index contributed by atoms with van der Waals surface area (Å²) in [6.07, 6.45) is 0.577. The van der Waals surface area contributed by atoms with E-state index in [4.69, 9.17) is 4.74 Å². The number of benzene rings is 1. The molecule has 2 atom stereocenters. The highest BCUT2D eigenvalue weighted by Gasteiger charge is 2.41. The summed E-state index contributed by atoms with van der Waals surface area (Å²) >= 11 is 0. The number of hydrogen-bond donors (Lipinski definition) is 1. The first-order valence-corrected chi connectivity index (χ1v) is 10.1. The number of nitrogens with one attached hydrogen (secondary N) is 1. The van der Waals surface area contributed by atoms with Crippen molar-refractivity contribution in [3.05, 3.63) is 29.8 Å². The second kappa shape index (κ2) is 7.13. The molecular formula is C17H22N2O5S. The van der Waals surface area contributed by atoms with Gasteiger partial charge in [0, 0.05) is 37.4 Å². The zero-order valence-electron chi connectivity index (χ0n) is 14.1. The normalized spacial score (nSPS) is 25.3. The minimum absolute atomic E-state index is 0.00372. The summed E-state index contributed by atoms with van der Waals surface area (Å²) < 4.78 is 28.4. The number of sulfone groups is 1. The summed E-state index contributed by atoms with van der Waals surface area (Å²) in [5.41, 5.74) is 1.53. The summed E-state index contributed by atoms with van der Waals surface area (Å²) in [4.78, 5) is 26.4. The number of amides is 2. The van der Waals surface area contributed by atoms with Crippen LogP contribution in [0, 0.1) is 5.92 Å². The van der Waals surface area contributed by atoms with Crippen molar-refractivity contribution in [3.63, 3.8) is 0 Å². The van der Waals surface area contributed by atoms with Gasteiger partial charge >= 0.3 is 0 Å². The highest BCUT2D eigenvalue weighted by Crippen LogP contribution is 2.27. The Hall–Kier alpha value is -1.93. The molecule has 136 valence electrons. The second-order valence-corrected chi connectivity index (χ2v) is 8.81. The molecule has 0 radical (unpaired) electrons. The Bertz CT molecular complexity index is 777. The molecule has 1 N–H and O–H groups in total. The summed E-state index contributed by atoms with van der Waals surface area (Å²) in [6, 6.07) is 7.06. The van der Waals surface area contributed by atoms with E-state index >= 15 is 0 Å². The Morgan fingerprint density at radius 3 is 2.80 bits per heavy atom. The Morgan fingerprint density at radius 1 is 1.36 bits per heavy atom. The molecule has 0 unspecified atom stereocenters. The highest BCUT2D eigenvalue weighted by atomic mass is 32.2. The number of rotatable bonds is 5. The molecule has 0 saturated carbocycles. The van der Waals surface area contributed by atoms with E-state index in [0.29, 0.717) is 18.7 Å². The fourth-order valence-corrected chi connectivity index (χ4v) is 5.17. The van der Waals surface area contributed by atoms with Gasteiger partial charge in [-0.2, -0.15) is 0 Å². The molecule has 25 heavy (non-hydrogen) atoms. The van der Waals surface area contributed by atoms with E-state index in [1.165, 1.54) is 0 Å². The quantitative estimate of drug-likeness (QED) is 0.832. The summed E-state index contributed by atoms with van der Waals surface area (Å²) in [5, 5.41) is 2.87. The largest absolute Gasteiger partial charge is 0.380 e.